The van der Waals surface area contributed by atoms with E-state index in [0.29, 0.717) is 24.9 Å². The number of hydrogen-bond donors (Lipinski definition) is 0. The summed E-state index contributed by atoms with van der Waals surface area (Å²) in [6.07, 6.45) is 1.27. The predicted molar refractivity (Wildman–Crippen MR) is 92.2 cm³/mol. The van der Waals surface area contributed by atoms with Crippen LogP contribution in [0, 0.1) is 5.92 Å². The number of carbonyl (C=O) groups is 1. The van der Waals surface area contributed by atoms with E-state index in [4.69, 9.17) is 4.74 Å². The zero-order valence-corrected chi connectivity index (χ0v) is 14.1. The number of benzene rings is 2. The van der Waals surface area contributed by atoms with Crippen LogP contribution in [0.2, 0.25) is 0 Å². The lowest BCUT2D eigenvalue weighted by molar-refractivity contribution is -0.143. The number of carbonyl (C=O) groups excluding carboxylic acids is 1. The molecule has 0 heterocycles. The maximum Gasteiger partial charge on any atom is 0.310 e. The van der Waals surface area contributed by atoms with E-state index >= 15 is 0 Å². The summed E-state index contributed by atoms with van der Waals surface area (Å²) < 4.78 is 5.28. The van der Waals surface area contributed by atoms with Crippen molar-refractivity contribution in [3.05, 3.63) is 47.5 Å². The molecule has 0 aromatic heterocycles. The SMILES string of the molecule is CC(C)CCOC(=O)Cc1ccc2cc(C(C)C)ccc2c1. The first-order valence-electron chi connectivity index (χ1n) is 8.14. The molecule has 0 fully saturated rings. The lowest BCUT2D eigenvalue weighted by Crippen LogP contribution is -2.10. The molecule has 2 nitrogen and oxygen atoms in total. The van der Waals surface area contributed by atoms with Crippen molar-refractivity contribution < 1.29 is 9.53 Å². The van der Waals surface area contributed by atoms with Crippen LogP contribution in [0.15, 0.2) is 36.4 Å². The number of rotatable bonds is 6. The Kier molecular flexibility index (Phi) is 5.59. The molecule has 0 aliphatic heterocycles. The van der Waals surface area contributed by atoms with E-state index < -0.39 is 0 Å². The molecule has 0 spiro atoms. The molecule has 0 atom stereocenters. The fraction of sp³-hybridized carbons (Fsp3) is 0.450. The van der Waals surface area contributed by atoms with Crippen LogP contribution in [0.25, 0.3) is 10.8 Å². The minimum absolute atomic E-state index is 0.140. The summed E-state index contributed by atoms with van der Waals surface area (Å²) in [4.78, 5) is 11.9. The van der Waals surface area contributed by atoms with Gasteiger partial charge < -0.3 is 4.74 Å². The Labute approximate surface area is 133 Å². The molecule has 22 heavy (non-hydrogen) atoms. The van der Waals surface area contributed by atoms with Gasteiger partial charge in [0.25, 0.3) is 0 Å². The number of hydrogen-bond acceptors (Lipinski definition) is 2. The molecule has 2 rings (SSSR count). The van der Waals surface area contributed by atoms with Crippen LogP contribution in [0.1, 0.15) is 51.2 Å². The third-order valence-corrected chi connectivity index (χ3v) is 3.90. The van der Waals surface area contributed by atoms with Gasteiger partial charge in [0.2, 0.25) is 0 Å². The van der Waals surface area contributed by atoms with Crippen LogP contribution in [-0.2, 0) is 16.0 Å². The second-order valence-electron chi connectivity index (χ2n) is 6.68. The van der Waals surface area contributed by atoms with Gasteiger partial charge in [0, 0.05) is 0 Å². The predicted octanol–water partition coefficient (Wildman–Crippen LogP) is 5.10. The Balaban J connectivity index is 2.03. The van der Waals surface area contributed by atoms with Crippen molar-refractivity contribution in [1.82, 2.24) is 0 Å². The Morgan fingerprint density at radius 2 is 1.68 bits per heavy atom. The van der Waals surface area contributed by atoms with E-state index in [2.05, 4.69) is 58.0 Å². The van der Waals surface area contributed by atoms with Gasteiger partial charge in [-0.15, -0.1) is 0 Å². The van der Waals surface area contributed by atoms with Crippen LogP contribution >= 0.6 is 0 Å². The van der Waals surface area contributed by atoms with Gasteiger partial charge in [0.1, 0.15) is 0 Å². The smallest absolute Gasteiger partial charge is 0.310 e. The molecule has 0 N–H and O–H groups in total. The molecule has 2 heteroatoms. The second kappa shape index (κ2) is 7.44. The van der Waals surface area contributed by atoms with E-state index in [0.717, 1.165) is 12.0 Å². The van der Waals surface area contributed by atoms with E-state index in [1.54, 1.807) is 0 Å². The van der Waals surface area contributed by atoms with E-state index in [1.807, 2.05) is 6.07 Å². The molecule has 0 radical (unpaired) electrons. The maximum absolute atomic E-state index is 11.9. The highest BCUT2D eigenvalue weighted by molar-refractivity contribution is 5.85. The molecule has 2 aromatic carbocycles. The summed E-state index contributed by atoms with van der Waals surface area (Å²) in [7, 11) is 0. The van der Waals surface area contributed by atoms with Gasteiger partial charge in [-0.1, -0.05) is 64.1 Å². The van der Waals surface area contributed by atoms with Crippen molar-refractivity contribution in [1.29, 1.82) is 0 Å². The molecule has 0 unspecified atom stereocenters. The second-order valence-corrected chi connectivity index (χ2v) is 6.68. The largest absolute Gasteiger partial charge is 0.465 e. The number of ether oxygens (including phenoxy) is 1. The quantitative estimate of drug-likeness (QED) is 0.694. The van der Waals surface area contributed by atoms with Crippen molar-refractivity contribution in [3.63, 3.8) is 0 Å². The normalized spacial score (nSPS) is 11.4. The molecule has 2 aromatic rings. The molecule has 118 valence electrons. The highest BCUT2D eigenvalue weighted by Gasteiger charge is 2.07. The maximum atomic E-state index is 11.9. The lowest BCUT2D eigenvalue weighted by atomic mass is 9.98. The molecule has 0 bridgehead atoms. The molecule has 0 amide bonds. The standard InChI is InChI=1S/C20H26O2/c1-14(2)9-10-22-20(21)12-16-5-6-19-13-17(15(3)4)7-8-18(19)11-16/h5-8,11,13-15H,9-10,12H2,1-4H3. The summed E-state index contributed by atoms with van der Waals surface area (Å²) in [5.41, 5.74) is 2.35. The summed E-state index contributed by atoms with van der Waals surface area (Å²) in [6.45, 7) is 9.17. The van der Waals surface area contributed by atoms with Gasteiger partial charge in [-0.2, -0.15) is 0 Å². The minimum Gasteiger partial charge on any atom is -0.465 e. The van der Waals surface area contributed by atoms with E-state index in [9.17, 15) is 4.79 Å². The van der Waals surface area contributed by atoms with Gasteiger partial charge in [-0.3, -0.25) is 4.79 Å². The van der Waals surface area contributed by atoms with Crippen LogP contribution in [0.4, 0.5) is 0 Å². The summed E-state index contributed by atoms with van der Waals surface area (Å²) in [6, 6.07) is 12.7. The van der Waals surface area contributed by atoms with Gasteiger partial charge in [0.05, 0.1) is 13.0 Å². The third-order valence-electron chi connectivity index (χ3n) is 3.90. The van der Waals surface area contributed by atoms with Crippen LogP contribution < -0.4 is 0 Å². The Morgan fingerprint density at radius 3 is 2.36 bits per heavy atom. The minimum atomic E-state index is -0.140. The van der Waals surface area contributed by atoms with Gasteiger partial charge in [-0.05, 0) is 40.2 Å². The zero-order chi connectivity index (χ0) is 16.1. The summed E-state index contributed by atoms with van der Waals surface area (Å²) in [5.74, 6) is 0.947. The van der Waals surface area contributed by atoms with Crippen LogP contribution in [0.5, 0.6) is 0 Å². The Bertz CT molecular complexity index is 641. The molecule has 0 saturated carbocycles. The first-order valence-corrected chi connectivity index (χ1v) is 8.14. The summed E-state index contributed by atoms with van der Waals surface area (Å²) in [5, 5.41) is 2.40. The monoisotopic (exact) mass is 298 g/mol. The Hall–Kier alpha value is -1.83. The first-order chi connectivity index (χ1) is 10.5. The van der Waals surface area contributed by atoms with E-state index in [-0.39, 0.29) is 5.97 Å². The first kappa shape index (κ1) is 16.5. The van der Waals surface area contributed by atoms with Crippen LogP contribution in [-0.4, -0.2) is 12.6 Å². The van der Waals surface area contributed by atoms with Crippen molar-refractivity contribution >= 4 is 16.7 Å². The zero-order valence-electron chi connectivity index (χ0n) is 14.1. The van der Waals surface area contributed by atoms with Crippen molar-refractivity contribution in [3.8, 4) is 0 Å². The van der Waals surface area contributed by atoms with Crippen molar-refractivity contribution in [2.24, 2.45) is 5.92 Å². The van der Waals surface area contributed by atoms with Crippen molar-refractivity contribution in [2.75, 3.05) is 6.61 Å². The van der Waals surface area contributed by atoms with Gasteiger partial charge >= 0.3 is 5.97 Å². The average Bonchev–Trinajstić information content (AvgIpc) is 2.46. The van der Waals surface area contributed by atoms with Crippen molar-refractivity contribution in [2.45, 2.75) is 46.5 Å². The fourth-order valence-electron chi connectivity index (χ4n) is 2.41. The highest BCUT2D eigenvalue weighted by Crippen LogP contribution is 2.22. The number of fused-ring (bicyclic) bond motifs is 1. The molecular formula is C20H26O2. The number of esters is 1. The van der Waals surface area contributed by atoms with Crippen LogP contribution in [0.3, 0.4) is 0 Å². The third kappa shape index (κ3) is 4.59. The lowest BCUT2D eigenvalue weighted by Gasteiger charge is -2.09. The fourth-order valence-corrected chi connectivity index (χ4v) is 2.41. The molecule has 0 aliphatic rings. The molecular weight excluding hydrogens is 272 g/mol. The summed E-state index contributed by atoms with van der Waals surface area (Å²) >= 11 is 0. The van der Waals surface area contributed by atoms with E-state index in [1.165, 1.54) is 16.3 Å². The highest BCUT2D eigenvalue weighted by atomic mass is 16.5. The topological polar surface area (TPSA) is 26.3 Å². The molecule has 0 saturated heterocycles. The molecule has 0 aliphatic carbocycles. The Morgan fingerprint density at radius 1 is 1.00 bits per heavy atom. The van der Waals surface area contributed by atoms with Gasteiger partial charge in [0.15, 0.2) is 0 Å². The van der Waals surface area contributed by atoms with Gasteiger partial charge in [-0.25, -0.2) is 0 Å². The average molecular weight is 298 g/mol.